The van der Waals surface area contributed by atoms with Crippen molar-refractivity contribution in [3.63, 3.8) is 0 Å². The Morgan fingerprint density at radius 1 is 0.759 bits per heavy atom. The molecule has 154 valence electrons. The van der Waals surface area contributed by atoms with Gasteiger partial charge in [0.05, 0.1) is 25.4 Å². The maximum atomic E-state index is 6.34. The van der Waals surface area contributed by atoms with Crippen molar-refractivity contribution < 1.29 is 9.47 Å². The zero-order valence-electron chi connectivity index (χ0n) is 16.9. The molecule has 3 saturated heterocycles. The van der Waals surface area contributed by atoms with Crippen LogP contribution >= 0.6 is 0 Å². The minimum atomic E-state index is -0.0509. The van der Waals surface area contributed by atoms with Gasteiger partial charge in [0.15, 0.2) is 0 Å². The predicted octanol–water partition coefficient (Wildman–Crippen LogP) is 2.19. The predicted molar refractivity (Wildman–Crippen MR) is 114 cm³/mol. The average molecular weight is 396 g/mol. The van der Waals surface area contributed by atoms with Crippen molar-refractivity contribution in [1.29, 1.82) is 0 Å². The molecule has 0 amide bonds. The van der Waals surface area contributed by atoms with Gasteiger partial charge in [0.2, 0.25) is 0 Å². The molecule has 1 aromatic heterocycles. The topological polar surface area (TPSA) is 54.0 Å². The number of rotatable bonds is 3. The van der Waals surface area contributed by atoms with Gasteiger partial charge in [0.25, 0.3) is 0 Å². The van der Waals surface area contributed by atoms with E-state index in [1.54, 1.807) is 6.33 Å². The van der Waals surface area contributed by atoms with Crippen molar-refractivity contribution in [1.82, 2.24) is 9.97 Å². The Morgan fingerprint density at radius 3 is 2.14 bits per heavy atom. The molecule has 0 atom stereocenters. The normalized spacial score (nSPS) is 22.1. The monoisotopic (exact) mass is 395 g/mol. The molecule has 1 aromatic carbocycles. The maximum Gasteiger partial charge on any atom is 0.134 e. The number of nitrogens with zero attached hydrogens (tertiary/aromatic N) is 5. The van der Waals surface area contributed by atoms with Crippen LogP contribution in [0.3, 0.4) is 0 Å². The fourth-order valence-corrected chi connectivity index (χ4v) is 4.63. The molecule has 0 bridgehead atoms. The molecule has 4 heterocycles. The number of piperidine rings is 1. The number of benzene rings is 1. The summed E-state index contributed by atoms with van der Waals surface area (Å²) in [6, 6.07) is 12.8. The summed E-state index contributed by atoms with van der Waals surface area (Å²) in [7, 11) is 0. The molecular formula is C22H29N5O2. The zero-order chi connectivity index (χ0) is 19.5. The van der Waals surface area contributed by atoms with Gasteiger partial charge < -0.3 is 24.2 Å². The van der Waals surface area contributed by atoms with Crippen LogP contribution in [0.1, 0.15) is 12.8 Å². The highest BCUT2D eigenvalue weighted by Gasteiger charge is 2.40. The van der Waals surface area contributed by atoms with E-state index in [9.17, 15) is 0 Å². The lowest BCUT2D eigenvalue weighted by Gasteiger charge is -2.48. The van der Waals surface area contributed by atoms with Gasteiger partial charge in [0, 0.05) is 51.0 Å². The molecule has 3 aliphatic heterocycles. The van der Waals surface area contributed by atoms with E-state index in [0.29, 0.717) is 0 Å². The Balaban J connectivity index is 1.24. The molecule has 7 heteroatoms. The summed E-state index contributed by atoms with van der Waals surface area (Å²) < 4.78 is 11.8. The van der Waals surface area contributed by atoms with Crippen molar-refractivity contribution in [2.45, 2.75) is 18.4 Å². The van der Waals surface area contributed by atoms with Crippen LogP contribution in [0.5, 0.6) is 0 Å². The van der Waals surface area contributed by atoms with Crippen LogP contribution in [-0.4, -0.2) is 74.7 Å². The maximum absolute atomic E-state index is 6.34. The SMILES string of the molecule is c1ccc(N2CCOC3(CCN(c4cc(N5CCOCC5)ncn4)CC3)C2)cc1. The average Bonchev–Trinajstić information content (AvgIpc) is 2.81. The second-order valence-corrected chi connectivity index (χ2v) is 8.11. The number of anilines is 3. The summed E-state index contributed by atoms with van der Waals surface area (Å²) in [5, 5.41) is 0. The third kappa shape index (κ3) is 4.02. The van der Waals surface area contributed by atoms with E-state index in [-0.39, 0.29) is 5.60 Å². The van der Waals surface area contributed by atoms with Crippen molar-refractivity contribution >= 4 is 17.3 Å². The summed E-state index contributed by atoms with van der Waals surface area (Å²) in [5.41, 5.74) is 1.24. The van der Waals surface area contributed by atoms with Gasteiger partial charge >= 0.3 is 0 Å². The highest BCUT2D eigenvalue weighted by atomic mass is 16.5. The molecule has 0 radical (unpaired) electrons. The third-order valence-corrected chi connectivity index (χ3v) is 6.34. The summed E-state index contributed by atoms with van der Waals surface area (Å²) in [6.45, 7) is 7.96. The summed E-state index contributed by atoms with van der Waals surface area (Å²) in [5.74, 6) is 2.02. The largest absolute Gasteiger partial charge is 0.378 e. The molecule has 0 N–H and O–H groups in total. The van der Waals surface area contributed by atoms with Crippen LogP contribution in [0.15, 0.2) is 42.7 Å². The molecule has 7 nitrogen and oxygen atoms in total. The highest BCUT2D eigenvalue weighted by molar-refractivity contribution is 5.51. The lowest BCUT2D eigenvalue weighted by atomic mass is 9.89. The Hall–Kier alpha value is -2.38. The number of aromatic nitrogens is 2. The van der Waals surface area contributed by atoms with E-state index in [1.807, 2.05) is 0 Å². The van der Waals surface area contributed by atoms with Crippen molar-refractivity contribution in [3.05, 3.63) is 42.7 Å². The molecule has 3 fully saturated rings. The minimum Gasteiger partial charge on any atom is -0.378 e. The Kier molecular flexibility index (Phi) is 5.24. The first-order valence-electron chi connectivity index (χ1n) is 10.7. The molecule has 0 unspecified atom stereocenters. The van der Waals surface area contributed by atoms with E-state index in [4.69, 9.17) is 9.47 Å². The zero-order valence-corrected chi connectivity index (χ0v) is 16.9. The second kappa shape index (κ2) is 8.16. The van der Waals surface area contributed by atoms with Crippen LogP contribution < -0.4 is 14.7 Å². The van der Waals surface area contributed by atoms with Gasteiger partial charge in [0.1, 0.15) is 18.0 Å². The Morgan fingerprint density at radius 2 is 1.41 bits per heavy atom. The van der Waals surface area contributed by atoms with Gasteiger partial charge in [-0.2, -0.15) is 0 Å². The number of morpholine rings is 2. The van der Waals surface area contributed by atoms with Crippen molar-refractivity contribution in [3.8, 4) is 0 Å². The van der Waals surface area contributed by atoms with Crippen LogP contribution in [0, 0.1) is 0 Å². The fraction of sp³-hybridized carbons (Fsp3) is 0.545. The second-order valence-electron chi connectivity index (χ2n) is 8.11. The Labute approximate surface area is 172 Å². The minimum absolute atomic E-state index is 0.0509. The molecular weight excluding hydrogens is 366 g/mol. The standard InChI is InChI=1S/C22H29N5O2/c1-2-4-19(5-3-1)27-12-15-29-22(17-27)6-8-25(9-7-22)20-16-21(24-18-23-20)26-10-13-28-14-11-26/h1-5,16,18H,6-15,17H2. The van der Waals surface area contributed by atoms with E-state index < -0.39 is 0 Å². The number of para-hydroxylation sites is 1. The van der Waals surface area contributed by atoms with Crippen LogP contribution in [0.2, 0.25) is 0 Å². The first-order chi connectivity index (χ1) is 14.3. The summed E-state index contributed by atoms with van der Waals surface area (Å²) >= 11 is 0. The van der Waals surface area contributed by atoms with Gasteiger partial charge in [-0.3, -0.25) is 0 Å². The summed E-state index contributed by atoms with van der Waals surface area (Å²) in [4.78, 5) is 16.2. The first-order valence-corrected chi connectivity index (χ1v) is 10.7. The molecule has 5 rings (SSSR count). The van der Waals surface area contributed by atoms with Crippen LogP contribution in [0.4, 0.5) is 17.3 Å². The van der Waals surface area contributed by atoms with Crippen molar-refractivity contribution in [2.75, 3.05) is 73.8 Å². The van der Waals surface area contributed by atoms with Crippen LogP contribution in [-0.2, 0) is 9.47 Å². The number of hydrogen-bond acceptors (Lipinski definition) is 7. The Bertz CT molecular complexity index is 804. The van der Waals surface area contributed by atoms with Crippen molar-refractivity contribution in [2.24, 2.45) is 0 Å². The molecule has 0 aliphatic carbocycles. The van der Waals surface area contributed by atoms with E-state index in [1.165, 1.54) is 5.69 Å². The van der Waals surface area contributed by atoms with Gasteiger partial charge in [-0.15, -0.1) is 0 Å². The van der Waals surface area contributed by atoms with E-state index in [2.05, 4.69) is 61.1 Å². The third-order valence-electron chi connectivity index (χ3n) is 6.34. The van der Waals surface area contributed by atoms with E-state index in [0.717, 1.165) is 83.6 Å². The lowest BCUT2D eigenvalue weighted by molar-refractivity contribution is -0.0705. The quantitative estimate of drug-likeness (QED) is 0.790. The molecule has 1 spiro atoms. The number of ether oxygens (including phenoxy) is 2. The molecule has 3 aliphatic rings. The highest BCUT2D eigenvalue weighted by Crippen LogP contribution is 2.33. The lowest BCUT2D eigenvalue weighted by Crippen LogP contribution is -2.57. The van der Waals surface area contributed by atoms with Gasteiger partial charge in [-0.1, -0.05) is 18.2 Å². The van der Waals surface area contributed by atoms with Gasteiger partial charge in [-0.05, 0) is 25.0 Å². The smallest absolute Gasteiger partial charge is 0.134 e. The molecule has 29 heavy (non-hydrogen) atoms. The van der Waals surface area contributed by atoms with Gasteiger partial charge in [-0.25, -0.2) is 9.97 Å². The number of hydrogen-bond donors (Lipinski definition) is 0. The molecule has 0 saturated carbocycles. The fourth-order valence-electron chi connectivity index (χ4n) is 4.63. The van der Waals surface area contributed by atoms with Crippen LogP contribution in [0.25, 0.3) is 0 Å². The summed E-state index contributed by atoms with van der Waals surface area (Å²) in [6.07, 6.45) is 3.74. The first kappa shape index (κ1) is 18.6. The molecule has 2 aromatic rings. The van der Waals surface area contributed by atoms with E-state index >= 15 is 0 Å².